The van der Waals surface area contributed by atoms with Crippen molar-refractivity contribution in [3.63, 3.8) is 0 Å². The molecule has 10 N–H and O–H groups in total. The molecule has 76 heavy (non-hydrogen) atoms. The summed E-state index contributed by atoms with van der Waals surface area (Å²) in [5.41, 5.74) is -0.372. The second kappa shape index (κ2) is 22.4. The Balaban J connectivity index is 1.04. The number of hydrogen-bond donors (Lipinski definition) is 10. The van der Waals surface area contributed by atoms with Gasteiger partial charge in [-0.3, -0.25) is 14.1 Å². The molecule has 436 valence electrons. The van der Waals surface area contributed by atoms with Crippen molar-refractivity contribution >= 4 is 22.2 Å². The lowest BCUT2D eigenvalue weighted by atomic mass is 9.41. The molecule has 0 bridgehead atoms. The summed E-state index contributed by atoms with van der Waals surface area (Å²) >= 11 is 0. The molecule has 25 nitrogen and oxygen atoms in total. The Hall–Kier alpha value is -1.97. The second-order valence-electron chi connectivity index (χ2n) is 23.6. The molecule has 8 rings (SSSR count). The minimum atomic E-state index is -5.15. The molecule has 0 amide bonds. The predicted octanol–water partition coefficient (Wildman–Crippen LogP) is -1.47. The van der Waals surface area contributed by atoms with Crippen LogP contribution in [-0.4, -0.2) is 227 Å². The lowest BCUT2D eigenvalue weighted by Gasteiger charge is -2.64. The van der Waals surface area contributed by atoms with E-state index >= 15 is 0 Å². The van der Waals surface area contributed by atoms with Crippen molar-refractivity contribution in [2.45, 2.75) is 223 Å². The summed E-state index contributed by atoms with van der Waals surface area (Å²) in [6, 6.07) is 0. The fourth-order valence-corrected chi connectivity index (χ4v) is 15.1. The number of methoxy groups -OCH3 is 1. The third-order valence-corrected chi connectivity index (χ3v) is 19.4. The van der Waals surface area contributed by atoms with Gasteiger partial charge in [0.05, 0.1) is 37.9 Å². The molecule has 4 saturated heterocycles. The van der Waals surface area contributed by atoms with Crippen LogP contribution in [0.4, 0.5) is 0 Å². The van der Waals surface area contributed by atoms with Gasteiger partial charge in [0.2, 0.25) is 0 Å². The third-order valence-electron chi connectivity index (χ3n) is 19.0. The standard InChI is InChI=1S/C50H80O25S/c1-20(52)31-25(69-22(3)53)16-50(8)24-10-11-29-47(4,5)30(13-14-48(29,6)23(24)12-15-49(31,50)7)73-46-42(75-43-37(59)36(58)32(54)21(2)68-43)35(57)27(18-66-46)71-44-39(61)41(34(56)28(72-44)19-67-76(62,63)64)74-45-38(60)40(65-9)33(55)26(17-51)70-45/h12,21,24-46,51,54-61H,10-11,13-19H2,1-9H3,(H,62,63,64)/t21-,24?,25+,26-,27-,28-,29?,30+,31+,32-,33-,34-,35+,36+,37-,38-,39-,40+,41+,42-,43+,44-,45+,46+,48-,49-,50+/m1/s1. The van der Waals surface area contributed by atoms with Gasteiger partial charge in [-0.1, -0.05) is 46.3 Å². The molecule has 26 heteroatoms. The van der Waals surface area contributed by atoms with E-state index in [4.69, 9.17) is 47.4 Å². The molecule has 0 spiro atoms. The first-order valence-electron chi connectivity index (χ1n) is 26.2. The number of ether oxygens (including phenoxy) is 10. The highest BCUT2D eigenvalue weighted by Crippen LogP contribution is 2.73. The van der Waals surface area contributed by atoms with Crippen molar-refractivity contribution in [2.75, 3.05) is 26.9 Å². The SMILES string of the molecule is CO[C@@H]1[C@@H](O)[C@H](O[C@@H]2[C@@H](O)[C@H](O[C@@H]3CO[C@@H](O[C@H]4CC[C@]5(C)C6=CC[C@]7(C)[C@@H](C(C)=O)[C@@H](OC(C)=O)C[C@@]7(C)C6CCC5C4(C)C)[C@H](O[C@@H]4O[C@H](C)[C@@H](O)[C@H](O)[C@H]4O)[C@H]3O)O[C@H](COS(=O)(=O)O)[C@H]2O)O[C@H](CO)[C@H]1O. The van der Waals surface area contributed by atoms with Gasteiger partial charge >= 0.3 is 16.4 Å². The fraction of sp³-hybridized carbons (Fsp3) is 0.920. The van der Waals surface area contributed by atoms with Crippen LogP contribution in [0.15, 0.2) is 11.6 Å². The Labute approximate surface area is 441 Å². The summed E-state index contributed by atoms with van der Waals surface area (Å²) in [5, 5.41) is 99.4. The summed E-state index contributed by atoms with van der Waals surface area (Å²) in [4.78, 5) is 25.6. The Morgan fingerprint density at radius 2 is 1.32 bits per heavy atom. The molecular formula is C50H80O25S. The molecule has 0 aromatic heterocycles. The zero-order valence-electron chi connectivity index (χ0n) is 44.3. The molecule has 0 aromatic rings. The first-order valence-corrected chi connectivity index (χ1v) is 27.6. The van der Waals surface area contributed by atoms with Crippen LogP contribution in [0, 0.1) is 39.4 Å². The lowest BCUT2D eigenvalue weighted by molar-refractivity contribution is -0.388. The summed E-state index contributed by atoms with van der Waals surface area (Å²) in [6.07, 6.45) is -26.8. The first kappa shape index (κ1) is 60.1. The first-order chi connectivity index (χ1) is 35.4. The van der Waals surface area contributed by atoms with Gasteiger partial charge < -0.3 is 93.3 Å². The van der Waals surface area contributed by atoms with Gasteiger partial charge in [-0.2, -0.15) is 8.42 Å². The van der Waals surface area contributed by atoms with Crippen LogP contribution in [0.3, 0.4) is 0 Å². The molecule has 0 aromatic carbocycles. The summed E-state index contributed by atoms with van der Waals surface area (Å²) in [6.45, 7) is 12.9. The maximum absolute atomic E-state index is 13.3. The topological polar surface area (TPSA) is 372 Å². The molecule has 4 aliphatic carbocycles. The van der Waals surface area contributed by atoms with E-state index < -0.39 is 182 Å². The monoisotopic (exact) mass is 1110 g/mol. The number of ketones is 1. The quantitative estimate of drug-likeness (QED) is 0.0387. The van der Waals surface area contributed by atoms with E-state index in [0.29, 0.717) is 25.7 Å². The number of carbonyl (C=O) groups excluding carboxylic acids is 2. The van der Waals surface area contributed by atoms with Crippen molar-refractivity contribution in [1.82, 2.24) is 0 Å². The van der Waals surface area contributed by atoms with E-state index in [1.54, 1.807) is 6.92 Å². The number of carbonyl (C=O) groups is 2. The maximum Gasteiger partial charge on any atom is 0.397 e. The van der Waals surface area contributed by atoms with Gasteiger partial charge in [-0.15, -0.1) is 0 Å². The predicted molar refractivity (Wildman–Crippen MR) is 255 cm³/mol. The molecule has 7 fully saturated rings. The van der Waals surface area contributed by atoms with Crippen molar-refractivity contribution in [1.29, 1.82) is 0 Å². The van der Waals surface area contributed by atoms with Gasteiger partial charge in [0.15, 0.2) is 25.2 Å². The molecule has 27 atom stereocenters. The van der Waals surface area contributed by atoms with E-state index in [1.165, 1.54) is 19.4 Å². The van der Waals surface area contributed by atoms with E-state index in [2.05, 4.69) is 44.9 Å². The molecule has 4 heterocycles. The van der Waals surface area contributed by atoms with Crippen molar-refractivity contribution in [3.05, 3.63) is 11.6 Å². The Kier molecular flexibility index (Phi) is 17.7. The highest BCUT2D eigenvalue weighted by Gasteiger charge is 2.69. The molecule has 3 saturated carbocycles. The number of hydrogen-bond acceptors (Lipinski definition) is 24. The number of esters is 1. The van der Waals surface area contributed by atoms with Gasteiger partial charge in [-0.05, 0) is 85.9 Å². The lowest BCUT2D eigenvalue weighted by Crippen LogP contribution is -2.66. The minimum absolute atomic E-state index is 0.000748. The van der Waals surface area contributed by atoms with E-state index in [0.717, 1.165) is 20.0 Å². The number of rotatable bonds is 15. The van der Waals surface area contributed by atoms with Crippen LogP contribution >= 0.6 is 0 Å². The average Bonchev–Trinajstić information content (AvgIpc) is 3.57. The van der Waals surface area contributed by atoms with E-state index in [9.17, 15) is 68.5 Å². The van der Waals surface area contributed by atoms with Crippen LogP contribution in [0.5, 0.6) is 0 Å². The van der Waals surface area contributed by atoms with Gasteiger partial charge in [0.1, 0.15) is 97.3 Å². The van der Waals surface area contributed by atoms with Crippen LogP contribution in [-0.2, 0) is 71.5 Å². The Bertz CT molecular complexity index is 2220. The van der Waals surface area contributed by atoms with Crippen LogP contribution in [0.25, 0.3) is 0 Å². The van der Waals surface area contributed by atoms with Gasteiger partial charge in [0.25, 0.3) is 0 Å². The maximum atomic E-state index is 13.3. The van der Waals surface area contributed by atoms with Crippen LogP contribution in [0.1, 0.15) is 93.9 Å². The number of aliphatic hydroxyl groups is 9. The number of aliphatic hydroxyl groups excluding tert-OH is 9. The number of fused-ring (bicyclic) bond motifs is 5. The zero-order valence-corrected chi connectivity index (χ0v) is 45.1. The highest BCUT2D eigenvalue weighted by atomic mass is 32.3. The number of allylic oxidation sites excluding steroid dienone is 2. The molecule has 0 radical (unpaired) electrons. The average molecular weight is 1110 g/mol. The van der Waals surface area contributed by atoms with E-state index in [1.807, 2.05) is 0 Å². The largest absolute Gasteiger partial charge is 0.462 e. The third kappa shape index (κ3) is 10.7. The van der Waals surface area contributed by atoms with Crippen LogP contribution < -0.4 is 0 Å². The van der Waals surface area contributed by atoms with Gasteiger partial charge in [-0.25, -0.2) is 4.18 Å². The fourth-order valence-electron chi connectivity index (χ4n) is 14.8. The molecule has 4 aliphatic heterocycles. The van der Waals surface area contributed by atoms with Crippen molar-refractivity contribution < 1.29 is 120 Å². The highest BCUT2D eigenvalue weighted by molar-refractivity contribution is 7.80. The normalized spacial score (nSPS) is 50.4. The second-order valence-corrected chi connectivity index (χ2v) is 24.7. The van der Waals surface area contributed by atoms with Crippen LogP contribution in [0.2, 0.25) is 0 Å². The Morgan fingerprint density at radius 3 is 1.95 bits per heavy atom. The number of Topliss-reactive ketones (excluding diaryl/α,β-unsaturated/α-hetero) is 1. The molecule has 2 unspecified atom stereocenters. The van der Waals surface area contributed by atoms with Crippen molar-refractivity contribution in [2.24, 2.45) is 39.4 Å². The summed E-state index contributed by atoms with van der Waals surface area (Å²) in [7, 11) is -3.99. The van der Waals surface area contributed by atoms with E-state index in [-0.39, 0.29) is 28.4 Å². The minimum Gasteiger partial charge on any atom is -0.462 e. The molecule has 8 aliphatic rings. The zero-order chi connectivity index (χ0) is 55.9. The molecular weight excluding hydrogens is 1030 g/mol. The summed E-state index contributed by atoms with van der Waals surface area (Å²) in [5.74, 6) is -0.714. The summed E-state index contributed by atoms with van der Waals surface area (Å²) < 4.78 is 96.9. The van der Waals surface area contributed by atoms with Gasteiger partial charge in [0, 0.05) is 14.0 Å². The van der Waals surface area contributed by atoms with Crippen molar-refractivity contribution in [3.8, 4) is 0 Å². The smallest absolute Gasteiger partial charge is 0.397 e. The Morgan fingerprint density at radius 1 is 0.697 bits per heavy atom.